The van der Waals surface area contributed by atoms with Crippen LogP contribution in [0.5, 0.6) is 0 Å². The highest BCUT2D eigenvalue weighted by atomic mass is 32.2. The van der Waals surface area contributed by atoms with Crippen LogP contribution in [0, 0.1) is 40.9 Å². The maximum absolute atomic E-state index is 13.7. The van der Waals surface area contributed by atoms with Gasteiger partial charge in [-0.15, -0.1) is 11.8 Å². The van der Waals surface area contributed by atoms with Gasteiger partial charge in [-0.3, -0.25) is 4.79 Å². The molecule has 0 bridgehead atoms. The molecule has 0 aromatic heterocycles. The molecule has 0 amide bonds. The van der Waals surface area contributed by atoms with Crippen LogP contribution in [-0.4, -0.2) is 11.0 Å². The van der Waals surface area contributed by atoms with Crippen molar-refractivity contribution in [3.63, 3.8) is 0 Å². The Morgan fingerprint density at radius 2 is 1.68 bits per heavy atom. The molecule has 152 valence electrons. The predicted octanol–water partition coefficient (Wildman–Crippen LogP) is 7.01. The van der Waals surface area contributed by atoms with Crippen molar-refractivity contribution in [1.82, 2.24) is 0 Å². The smallest absolute Gasteiger partial charge is 0.152 e. The molecule has 1 aromatic rings. The van der Waals surface area contributed by atoms with Gasteiger partial charge in [-0.2, -0.15) is 0 Å². The molecule has 8 unspecified atom stereocenters. The van der Waals surface area contributed by atoms with E-state index >= 15 is 0 Å². The van der Waals surface area contributed by atoms with Crippen molar-refractivity contribution in [3.05, 3.63) is 30.3 Å². The molecule has 4 aliphatic carbocycles. The molecule has 28 heavy (non-hydrogen) atoms. The van der Waals surface area contributed by atoms with E-state index in [4.69, 9.17) is 0 Å². The quantitative estimate of drug-likeness (QED) is 0.535. The number of rotatable bonds is 2. The number of carbonyl (C=O) groups excluding carboxylic acids is 1. The van der Waals surface area contributed by atoms with Gasteiger partial charge >= 0.3 is 0 Å². The summed E-state index contributed by atoms with van der Waals surface area (Å²) >= 11 is 1.83. The molecule has 4 fully saturated rings. The second kappa shape index (κ2) is 7.49. The zero-order valence-corrected chi connectivity index (χ0v) is 18.4. The fourth-order valence-corrected chi connectivity index (χ4v) is 9.13. The van der Waals surface area contributed by atoms with Gasteiger partial charge < -0.3 is 0 Å². The average molecular weight is 397 g/mol. The first-order valence-electron chi connectivity index (χ1n) is 11.8. The van der Waals surface area contributed by atoms with Crippen LogP contribution in [0.2, 0.25) is 0 Å². The topological polar surface area (TPSA) is 17.1 Å². The largest absolute Gasteiger partial charge is 0.298 e. The summed E-state index contributed by atoms with van der Waals surface area (Å²) in [6.45, 7) is 4.81. The van der Waals surface area contributed by atoms with E-state index in [0.29, 0.717) is 11.7 Å². The number of benzene rings is 1. The van der Waals surface area contributed by atoms with E-state index < -0.39 is 0 Å². The van der Waals surface area contributed by atoms with Gasteiger partial charge in [0, 0.05) is 10.3 Å². The Bertz CT molecular complexity index is 714. The molecule has 5 rings (SSSR count). The molecule has 0 heterocycles. The third-order valence-electron chi connectivity index (χ3n) is 9.22. The predicted molar refractivity (Wildman–Crippen MR) is 117 cm³/mol. The maximum atomic E-state index is 13.7. The third kappa shape index (κ3) is 3.18. The van der Waals surface area contributed by atoms with E-state index in [0.717, 1.165) is 42.4 Å². The molecular formula is C26H36OS. The lowest BCUT2D eigenvalue weighted by Crippen LogP contribution is -2.55. The molecule has 2 heteroatoms. The zero-order valence-electron chi connectivity index (χ0n) is 17.6. The molecule has 0 radical (unpaired) electrons. The number of Topliss-reactive ketones (excluding diaryl/α,β-unsaturated/α-hetero) is 1. The Morgan fingerprint density at radius 3 is 2.50 bits per heavy atom. The van der Waals surface area contributed by atoms with Gasteiger partial charge in [-0.1, -0.05) is 38.5 Å². The first kappa shape index (κ1) is 19.2. The van der Waals surface area contributed by atoms with Crippen LogP contribution in [-0.2, 0) is 4.79 Å². The van der Waals surface area contributed by atoms with Gasteiger partial charge in [0.2, 0.25) is 0 Å². The summed E-state index contributed by atoms with van der Waals surface area (Å²) < 4.78 is 0. The van der Waals surface area contributed by atoms with E-state index in [-0.39, 0.29) is 10.7 Å². The minimum Gasteiger partial charge on any atom is -0.298 e. The average Bonchev–Trinajstić information content (AvgIpc) is 2.71. The highest BCUT2D eigenvalue weighted by molar-refractivity contribution is 8.00. The Balaban J connectivity index is 1.33. The summed E-state index contributed by atoms with van der Waals surface area (Å²) in [5.41, 5.74) is -0.0549. The van der Waals surface area contributed by atoms with E-state index in [9.17, 15) is 4.79 Å². The molecule has 0 aliphatic heterocycles. The summed E-state index contributed by atoms with van der Waals surface area (Å²) in [7, 11) is 0. The number of fused-ring (bicyclic) bond motifs is 5. The van der Waals surface area contributed by atoms with Crippen molar-refractivity contribution < 1.29 is 4.79 Å². The maximum Gasteiger partial charge on any atom is 0.152 e. The highest BCUT2D eigenvalue weighted by Gasteiger charge is 2.57. The number of ketones is 1. The summed E-state index contributed by atoms with van der Waals surface area (Å²) in [6.07, 6.45) is 12.1. The van der Waals surface area contributed by atoms with E-state index in [1.165, 1.54) is 49.8 Å². The standard InChI is InChI=1S/C26H36OS/c1-17-8-10-20-18(16-17)9-11-22-21(20)14-15-26(2)23(22)12-13-24(25(26)27)28-19-6-4-3-5-7-19/h3-7,17-18,20-24H,8-16H2,1-2H3. The molecular weight excluding hydrogens is 360 g/mol. The summed E-state index contributed by atoms with van der Waals surface area (Å²) in [4.78, 5) is 14.9. The number of thioether (sulfide) groups is 1. The third-order valence-corrected chi connectivity index (χ3v) is 10.5. The highest BCUT2D eigenvalue weighted by Crippen LogP contribution is 2.61. The molecule has 4 saturated carbocycles. The molecule has 1 aromatic carbocycles. The van der Waals surface area contributed by atoms with Crippen molar-refractivity contribution in [2.75, 3.05) is 0 Å². The summed E-state index contributed by atoms with van der Waals surface area (Å²) in [5, 5.41) is 0.173. The van der Waals surface area contributed by atoms with Gasteiger partial charge in [0.05, 0.1) is 5.25 Å². The zero-order chi connectivity index (χ0) is 19.3. The van der Waals surface area contributed by atoms with Crippen molar-refractivity contribution in [1.29, 1.82) is 0 Å². The minimum absolute atomic E-state index is 0.0549. The Morgan fingerprint density at radius 1 is 0.893 bits per heavy atom. The van der Waals surface area contributed by atoms with Crippen LogP contribution in [0.4, 0.5) is 0 Å². The van der Waals surface area contributed by atoms with Gasteiger partial charge in [-0.25, -0.2) is 0 Å². The second-order valence-electron chi connectivity index (χ2n) is 10.7. The molecule has 0 spiro atoms. The van der Waals surface area contributed by atoms with Gasteiger partial charge in [0.25, 0.3) is 0 Å². The van der Waals surface area contributed by atoms with E-state index in [2.05, 4.69) is 44.2 Å². The minimum atomic E-state index is -0.0549. The second-order valence-corrected chi connectivity index (χ2v) is 11.9. The molecule has 1 nitrogen and oxygen atoms in total. The van der Waals surface area contributed by atoms with E-state index in [1.807, 2.05) is 11.8 Å². The van der Waals surface area contributed by atoms with Crippen molar-refractivity contribution in [2.24, 2.45) is 40.9 Å². The first-order chi connectivity index (χ1) is 13.6. The summed E-state index contributed by atoms with van der Waals surface area (Å²) in [6, 6.07) is 10.6. The van der Waals surface area contributed by atoms with E-state index in [1.54, 1.807) is 0 Å². The Hall–Kier alpha value is -0.760. The van der Waals surface area contributed by atoms with Gasteiger partial charge in [-0.05, 0) is 99.0 Å². The number of carbonyl (C=O) groups is 1. The molecule has 4 aliphatic rings. The lowest BCUT2D eigenvalue weighted by Gasteiger charge is -2.58. The fourth-order valence-electron chi connectivity index (χ4n) is 7.85. The Labute approximate surface area is 175 Å². The van der Waals surface area contributed by atoms with Crippen molar-refractivity contribution in [3.8, 4) is 0 Å². The van der Waals surface area contributed by atoms with Crippen LogP contribution in [0.1, 0.15) is 71.6 Å². The van der Waals surface area contributed by atoms with Crippen LogP contribution in [0.25, 0.3) is 0 Å². The SMILES string of the molecule is CC1CCC2C(CCC3C2CCC2(C)C(=O)C(Sc4ccccc4)CCC32)C1. The normalized spacial score (nSPS) is 45.6. The first-order valence-corrected chi connectivity index (χ1v) is 12.7. The number of hydrogen-bond acceptors (Lipinski definition) is 2. The monoisotopic (exact) mass is 396 g/mol. The lowest BCUT2D eigenvalue weighted by atomic mass is 9.47. The van der Waals surface area contributed by atoms with Gasteiger partial charge in [0.1, 0.15) is 0 Å². The van der Waals surface area contributed by atoms with Crippen molar-refractivity contribution >= 4 is 17.5 Å². The van der Waals surface area contributed by atoms with Crippen LogP contribution in [0.3, 0.4) is 0 Å². The van der Waals surface area contributed by atoms with Crippen LogP contribution >= 0.6 is 11.8 Å². The van der Waals surface area contributed by atoms with Gasteiger partial charge in [0.15, 0.2) is 5.78 Å². The van der Waals surface area contributed by atoms with Crippen molar-refractivity contribution in [2.45, 2.75) is 81.8 Å². The summed E-state index contributed by atoms with van der Waals surface area (Å²) in [5.74, 6) is 5.91. The fraction of sp³-hybridized carbons (Fsp3) is 0.731. The lowest BCUT2D eigenvalue weighted by molar-refractivity contribution is -0.146. The number of hydrogen-bond donors (Lipinski definition) is 0. The molecule has 8 atom stereocenters. The Kier molecular flexibility index (Phi) is 5.14. The van der Waals surface area contributed by atoms with Crippen LogP contribution < -0.4 is 0 Å². The van der Waals surface area contributed by atoms with Crippen LogP contribution in [0.15, 0.2) is 35.2 Å². The molecule has 0 N–H and O–H groups in total. The molecule has 0 saturated heterocycles.